The fourth-order valence-corrected chi connectivity index (χ4v) is 25.0. The quantitative estimate of drug-likeness (QED) is 0.579. The summed E-state index contributed by atoms with van der Waals surface area (Å²) in [6, 6.07) is 18.1. The van der Waals surface area contributed by atoms with Gasteiger partial charge in [-0.3, -0.25) is 0 Å². The van der Waals surface area contributed by atoms with E-state index in [1.165, 1.54) is 11.1 Å². The molecule has 0 saturated carbocycles. The molecule has 2 aromatic carbocycles. The SMILES string of the molecule is C.C[SiH](C)[Zr]([CH]1C=Cc2ccccc21)[CH]1C=Cc2ccccc21. The van der Waals surface area contributed by atoms with Crippen molar-refractivity contribution in [3.63, 3.8) is 0 Å². The van der Waals surface area contributed by atoms with Gasteiger partial charge in [-0.15, -0.1) is 0 Å². The summed E-state index contributed by atoms with van der Waals surface area (Å²) in [4.78, 5) is 0. The average molecular weight is 397 g/mol. The summed E-state index contributed by atoms with van der Waals surface area (Å²) in [6.45, 7) is 5.19. The summed E-state index contributed by atoms with van der Waals surface area (Å²) in [5, 5.41) is 0. The van der Waals surface area contributed by atoms with E-state index in [4.69, 9.17) is 0 Å². The predicted octanol–water partition coefficient (Wildman–Crippen LogP) is 5.76. The number of hydrogen-bond acceptors (Lipinski definition) is 0. The monoisotopic (exact) mass is 395 g/mol. The molecule has 23 heavy (non-hydrogen) atoms. The summed E-state index contributed by atoms with van der Waals surface area (Å²) < 4.78 is 1.57. The van der Waals surface area contributed by atoms with Gasteiger partial charge >= 0.3 is 142 Å². The maximum atomic E-state index is 2.60. The van der Waals surface area contributed by atoms with Crippen molar-refractivity contribution < 1.29 is 20.9 Å². The maximum absolute atomic E-state index is 2.60. The molecule has 2 atom stereocenters. The van der Waals surface area contributed by atoms with Crippen LogP contribution in [0.2, 0.25) is 13.1 Å². The molecule has 2 aliphatic carbocycles. The molecule has 4 rings (SSSR count). The van der Waals surface area contributed by atoms with E-state index in [0.29, 0.717) is 0 Å². The molecule has 0 aliphatic heterocycles. The molecule has 0 nitrogen and oxygen atoms in total. The normalized spacial score (nSPS) is 20.3. The molecule has 117 valence electrons. The van der Waals surface area contributed by atoms with Crippen molar-refractivity contribution in [1.29, 1.82) is 0 Å². The summed E-state index contributed by atoms with van der Waals surface area (Å²) in [5.74, 6) is -0.615. The second kappa shape index (κ2) is 6.87. The molecule has 2 unspecified atom stereocenters. The van der Waals surface area contributed by atoms with Crippen LogP contribution in [0, 0.1) is 0 Å². The molecular formula is C21H25SiZr. The van der Waals surface area contributed by atoms with Crippen LogP contribution < -0.4 is 0 Å². The van der Waals surface area contributed by atoms with Crippen molar-refractivity contribution >= 4 is 18.1 Å². The minimum absolute atomic E-state index is 0. The van der Waals surface area contributed by atoms with Crippen LogP contribution >= 0.6 is 0 Å². The van der Waals surface area contributed by atoms with Crippen LogP contribution in [-0.2, 0) is 20.9 Å². The Balaban J connectivity index is 0.00000156. The van der Waals surface area contributed by atoms with Gasteiger partial charge in [0, 0.05) is 0 Å². The van der Waals surface area contributed by atoms with Crippen LogP contribution in [0.5, 0.6) is 0 Å². The molecule has 0 spiro atoms. The van der Waals surface area contributed by atoms with Crippen LogP contribution in [0.4, 0.5) is 0 Å². The Bertz CT molecular complexity index is 698. The fourth-order valence-electron chi connectivity index (χ4n) is 3.99. The third kappa shape index (κ3) is 2.92. The molecule has 0 saturated heterocycles. The number of allylic oxidation sites excluding steroid dienone is 2. The molecule has 0 amide bonds. The first kappa shape index (κ1) is 16.9. The Hall–Kier alpha value is -0.980. The summed E-state index contributed by atoms with van der Waals surface area (Å²) >= 11 is -1.62. The van der Waals surface area contributed by atoms with Gasteiger partial charge in [0.15, 0.2) is 0 Å². The van der Waals surface area contributed by atoms with E-state index in [1.807, 2.05) is 0 Å². The van der Waals surface area contributed by atoms with Crippen LogP contribution in [0.3, 0.4) is 0 Å². The van der Waals surface area contributed by atoms with E-state index >= 15 is 0 Å². The van der Waals surface area contributed by atoms with E-state index in [0.717, 1.165) is 7.25 Å². The average Bonchev–Trinajstić information content (AvgIpc) is 3.13. The minimum atomic E-state index is -1.62. The molecule has 0 fully saturated rings. The van der Waals surface area contributed by atoms with Gasteiger partial charge in [0.2, 0.25) is 0 Å². The zero-order valence-electron chi connectivity index (χ0n) is 13.2. The van der Waals surface area contributed by atoms with Crippen LogP contribution in [0.25, 0.3) is 12.2 Å². The van der Waals surface area contributed by atoms with Gasteiger partial charge in [-0.1, -0.05) is 7.43 Å². The van der Waals surface area contributed by atoms with Crippen LogP contribution in [0.15, 0.2) is 60.7 Å². The van der Waals surface area contributed by atoms with E-state index in [2.05, 4.69) is 85.9 Å². The molecule has 2 aliphatic rings. The van der Waals surface area contributed by atoms with Gasteiger partial charge in [-0.25, -0.2) is 0 Å². The van der Waals surface area contributed by atoms with Crippen molar-refractivity contribution in [2.75, 3.05) is 0 Å². The molecule has 0 bridgehead atoms. The van der Waals surface area contributed by atoms with Gasteiger partial charge in [0.1, 0.15) is 0 Å². The Morgan fingerprint density at radius 1 is 0.739 bits per heavy atom. The van der Waals surface area contributed by atoms with Gasteiger partial charge < -0.3 is 0 Å². The zero-order valence-corrected chi connectivity index (χ0v) is 16.8. The third-order valence-electron chi connectivity index (χ3n) is 4.98. The Kier molecular flexibility index (Phi) is 5.04. The molecule has 2 aromatic rings. The molecule has 0 N–H and O–H groups in total. The number of fused-ring (bicyclic) bond motifs is 2. The van der Waals surface area contributed by atoms with Gasteiger partial charge in [0.25, 0.3) is 0 Å². The van der Waals surface area contributed by atoms with E-state index in [1.54, 1.807) is 11.1 Å². The van der Waals surface area contributed by atoms with Crippen LogP contribution in [-0.4, -0.2) is 5.92 Å². The summed E-state index contributed by atoms with van der Waals surface area (Å²) in [5.41, 5.74) is 6.18. The third-order valence-corrected chi connectivity index (χ3v) is 26.4. The van der Waals surface area contributed by atoms with Crippen LogP contribution in [0.1, 0.15) is 36.9 Å². The first-order valence-electron chi connectivity index (χ1n) is 8.16. The standard InChI is InChI=1S/2C9H7.C2H7Si.CH4.Zr/c2*1-2-5-9-7-3-6-8(9)4-1;1-3-2;;/h2*1-7H;3H,1-2H3;1H4;. The van der Waals surface area contributed by atoms with Gasteiger partial charge in [-0.05, 0) is 0 Å². The van der Waals surface area contributed by atoms with Crippen molar-refractivity contribution in [1.82, 2.24) is 0 Å². The van der Waals surface area contributed by atoms with Crippen molar-refractivity contribution in [2.45, 2.75) is 27.8 Å². The second-order valence-electron chi connectivity index (χ2n) is 6.59. The van der Waals surface area contributed by atoms with Crippen molar-refractivity contribution in [3.8, 4) is 0 Å². The van der Waals surface area contributed by atoms with Gasteiger partial charge in [0.05, 0.1) is 0 Å². The first-order chi connectivity index (χ1) is 10.8. The van der Waals surface area contributed by atoms with Crippen molar-refractivity contribution in [3.05, 3.63) is 82.9 Å². The summed E-state index contributed by atoms with van der Waals surface area (Å²) in [6.07, 6.45) is 9.84. The van der Waals surface area contributed by atoms with Crippen molar-refractivity contribution in [2.24, 2.45) is 0 Å². The summed E-state index contributed by atoms with van der Waals surface area (Å²) in [7, 11) is 0. The Morgan fingerprint density at radius 3 is 1.61 bits per heavy atom. The number of rotatable bonds is 3. The predicted molar refractivity (Wildman–Crippen MR) is 102 cm³/mol. The van der Waals surface area contributed by atoms with E-state index in [9.17, 15) is 0 Å². The van der Waals surface area contributed by atoms with E-state index < -0.39 is 26.8 Å². The fraction of sp³-hybridized carbons (Fsp3) is 0.238. The second-order valence-corrected chi connectivity index (χ2v) is 26.9. The Labute approximate surface area is 149 Å². The molecule has 0 aromatic heterocycles. The first-order valence-corrected chi connectivity index (χ1v) is 18.1. The number of benzene rings is 2. The Morgan fingerprint density at radius 2 is 1.17 bits per heavy atom. The van der Waals surface area contributed by atoms with Gasteiger partial charge in [-0.2, -0.15) is 0 Å². The molecule has 0 heterocycles. The molecular weight excluding hydrogens is 372 g/mol. The number of hydrogen-bond donors (Lipinski definition) is 0. The molecule has 2 heteroatoms. The topological polar surface area (TPSA) is 0 Å². The molecule has 0 radical (unpaired) electrons. The zero-order chi connectivity index (χ0) is 15.1. The van der Waals surface area contributed by atoms with E-state index in [-0.39, 0.29) is 7.43 Å².